The van der Waals surface area contributed by atoms with Crippen molar-refractivity contribution in [3.8, 4) is 5.75 Å². The number of hydrogen-bond donors (Lipinski definition) is 1. The highest BCUT2D eigenvalue weighted by Crippen LogP contribution is 2.31. The Morgan fingerprint density at radius 1 is 1.39 bits per heavy atom. The van der Waals surface area contributed by atoms with Crippen LogP contribution in [0.2, 0.25) is 0 Å². The first-order valence-electron chi connectivity index (χ1n) is 6.15. The molecule has 1 aromatic rings. The van der Waals surface area contributed by atoms with Crippen LogP contribution in [0.15, 0.2) is 18.2 Å². The molecule has 0 bridgehead atoms. The van der Waals surface area contributed by atoms with E-state index in [4.69, 9.17) is 4.74 Å². The lowest BCUT2D eigenvalue weighted by Crippen LogP contribution is -2.29. The van der Waals surface area contributed by atoms with Crippen molar-refractivity contribution in [1.82, 2.24) is 4.90 Å². The summed E-state index contributed by atoms with van der Waals surface area (Å²) in [5.74, 6) is -0.0317. The molecule has 0 saturated heterocycles. The highest BCUT2D eigenvalue weighted by molar-refractivity contribution is 5.31. The van der Waals surface area contributed by atoms with Gasteiger partial charge < -0.3 is 14.7 Å². The van der Waals surface area contributed by atoms with Gasteiger partial charge in [-0.1, -0.05) is 13.0 Å². The second kappa shape index (κ2) is 6.71. The lowest BCUT2D eigenvalue weighted by Gasteiger charge is -2.31. The van der Waals surface area contributed by atoms with Crippen molar-refractivity contribution in [2.45, 2.75) is 19.4 Å². The molecule has 1 N–H and O–H groups in total. The van der Waals surface area contributed by atoms with Crippen molar-refractivity contribution in [2.24, 2.45) is 5.92 Å². The molecule has 18 heavy (non-hydrogen) atoms. The predicted octanol–water partition coefficient (Wildman–Crippen LogP) is 2.46. The molecule has 0 aliphatic carbocycles. The predicted molar refractivity (Wildman–Crippen MR) is 70.2 cm³/mol. The van der Waals surface area contributed by atoms with Crippen LogP contribution in [0.3, 0.4) is 0 Å². The van der Waals surface area contributed by atoms with E-state index in [-0.39, 0.29) is 30.1 Å². The van der Waals surface area contributed by atoms with Crippen molar-refractivity contribution < 1.29 is 14.2 Å². The number of aliphatic hydroxyl groups excluding tert-OH is 1. The molecule has 0 fully saturated rings. The minimum atomic E-state index is -0.366. The summed E-state index contributed by atoms with van der Waals surface area (Å²) >= 11 is 0. The highest BCUT2D eigenvalue weighted by Gasteiger charge is 2.24. The number of benzene rings is 1. The van der Waals surface area contributed by atoms with Gasteiger partial charge in [0.1, 0.15) is 0 Å². The van der Waals surface area contributed by atoms with E-state index in [1.807, 2.05) is 32.0 Å². The van der Waals surface area contributed by atoms with Crippen LogP contribution in [0.25, 0.3) is 0 Å². The van der Waals surface area contributed by atoms with Crippen LogP contribution in [0.5, 0.6) is 5.75 Å². The van der Waals surface area contributed by atoms with Gasteiger partial charge in [0.05, 0.1) is 7.11 Å². The summed E-state index contributed by atoms with van der Waals surface area (Å²) in [5, 5.41) is 9.43. The van der Waals surface area contributed by atoms with Gasteiger partial charge in [0, 0.05) is 18.6 Å². The normalized spacial score (nSPS) is 14.6. The fourth-order valence-electron chi connectivity index (χ4n) is 2.31. The largest absolute Gasteiger partial charge is 0.494 e. The molecule has 1 rings (SSSR count). The number of rotatable bonds is 6. The molecule has 2 unspecified atom stereocenters. The van der Waals surface area contributed by atoms with E-state index in [0.29, 0.717) is 0 Å². The minimum Gasteiger partial charge on any atom is -0.494 e. The first-order valence-corrected chi connectivity index (χ1v) is 6.15. The zero-order chi connectivity index (χ0) is 13.7. The Balaban J connectivity index is 3.10. The third-order valence-corrected chi connectivity index (χ3v) is 3.28. The fourth-order valence-corrected chi connectivity index (χ4v) is 2.31. The molecule has 102 valence electrons. The highest BCUT2D eigenvalue weighted by atomic mass is 19.1. The van der Waals surface area contributed by atoms with Gasteiger partial charge in [-0.25, -0.2) is 4.39 Å². The molecule has 0 aliphatic rings. The van der Waals surface area contributed by atoms with Gasteiger partial charge in [-0.3, -0.25) is 0 Å². The molecule has 0 aromatic heterocycles. The zero-order valence-electron chi connectivity index (χ0n) is 11.5. The molecule has 4 heteroatoms. The summed E-state index contributed by atoms with van der Waals surface area (Å²) in [6, 6.07) is 4.97. The third kappa shape index (κ3) is 3.21. The van der Waals surface area contributed by atoms with Crippen molar-refractivity contribution in [1.29, 1.82) is 0 Å². The van der Waals surface area contributed by atoms with Gasteiger partial charge in [-0.05, 0) is 38.2 Å². The SMILES string of the molecule is CCC(CO)C(c1ccc(OC)c(F)c1)N(C)C. The topological polar surface area (TPSA) is 32.7 Å². The van der Waals surface area contributed by atoms with E-state index in [2.05, 4.69) is 0 Å². The van der Waals surface area contributed by atoms with E-state index in [0.717, 1.165) is 12.0 Å². The Bertz CT molecular complexity index is 378. The minimum absolute atomic E-state index is 0.000376. The van der Waals surface area contributed by atoms with Gasteiger partial charge in [0.15, 0.2) is 11.6 Å². The Morgan fingerprint density at radius 2 is 2.06 bits per heavy atom. The summed E-state index contributed by atoms with van der Waals surface area (Å²) in [6.07, 6.45) is 0.840. The Labute approximate surface area is 108 Å². The molecule has 1 aromatic carbocycles. The van der Waals surface area contributed by atoms with E-state index in [1.165, 1.54) is 13.2 Å². The molecule has 0 spiro atoms. The quantitative estimate of drug-likeness (QED) is 0.847. The van der Waals surface area contributed by atoms with Gasteiger partial charge in [0.2, 0.25) is 0 Å². The number of aliphatic hydroxyl groups is 1. The lowest BCUT2D eigenvalue weighted by atomic mass is 9.90. The van der Waals surface area contributed by atoms with Crippen LogP contribution in [0.1, 0.15) is 24.9 Å². The molecular weight excluding hydrogens is 233 g/mol. The standard InChI is InChI=1S/C14H22FNO2/c1-5-10(9-17)14(16(2)3)11-6-7-13(18-4)12(15)8-11/h6-8,10,14,17H,5,9H2,1-4H3. The molecular formula is C14H22FNO2. The Morgan fingerprint density at radius 3 is 2.44 bits per heavy atom. The average molecular weight is 255 g/mol. The molecule has 3 nitrogen and oxygen atoms in total. The number of ether oxygens (including phenoxy) is 1. The molecule has 0 amide bonds. The number of halogens is 1. The van der Waals surface area contributed by atoms with Gasteiger partial charge in [-0.15, -0.1) is 0 Å². The van der Waals surface area contributed by atoms with Crippen LogP contribution < -0.4 is 4.74 Å². The van der Waals surface area contributed by atoms with Crippen LogP contribution in [-0.2, 0) is 0 Å². The summed E-state index contributed by atoms with van der Waals surface area (Å²) in [5.41, 5.74) is 0.860. The van der Waals surface area contributed by atoms with E-state index < -0.39 is 0 Å². The zero-order valence-corrected chi connectivity index (χ0v) is 11.5. The summed E-state index contributed by atoms with van der Waals surface area (Å²) in [7, 11) is 5.32. The van der Waals surface area contributed by atoms with Crippen molar-refractivity contribution >= 4 is 0 Å². The summed E-state index contributed by atoms with van der Waals surface area (Å²) < 4.78 is 18.7. The van der Waals surface area contributed by atoms with Crippen LogP contribution in [0, 0.1) is 11.7 Å². The van der Waals surface area contributed by atoms with Crippen molar-refractivity contribution in [3.63, 3.8) is 0 Å². The molecule has 0 aliphatic heterocycles. The van der Waals surface area contributed by atoms with E-state index in [9.17, 15) is 9.50 Å². The maximum Gasteiger partial charge on any atom is 0.165 e. The maximum absolute atomic E-state index is 13.7. The Kier molecular flexibility index (Phi) is 5.56. The number of hydrogen-bond acceptors (Lipinski definition) is 3. The van der Waals surface area contributed by atoms with Crippen molar-refractivity contribution in [2.75, 3.05) is 27.8 Å². The second-order valence-electron chi connectivity index (χ2n) is 4.65. The Hall–Kier alpha value is -1.13. The van der Waals surface area contributed by atoms with Crippen LogP contribution >= 0.6 is 0 Å². The first kappa shape index (κ1) is 14.9. The molecule has 0 heterocycles. The second-order valence-corrected chi connectivity index (χ2v) is 4.65. The van der Waals surface area contributed by atoms with Gasteiger partial charge in [-0.2, -0.15) is 0 Å². The van der Waals surface area contributed by atoms with Crippen LogP contribution in [0.4, 0.5) is 4.39 Å². The fraction of sp³-hybridized carbons (Fsp3) is 0.571. The van der Waals surface area contributed by atoms with Gasteiger partial charge in [0.25, 0.3) is 0 Å². The average Bonchev–Trinajstić information content (AvgIpc) is 2.35. The first-order chi connectivity index (χ1) is 8.54. The summed E-state index contributed by atoms with van der Waals surface area (Å²) in [4.78, 5) is 2.01. The lowest BCUT2D eigenvalue weighted by molar-refractivity contribution is 0.130. The monoisotopic (exact) mass is 255 g/mol. The van der Waals surface area contributed by atoms with E-state index >= 15 is 0 Å². The maximum atomic E-state index is 13.7. The van der Waals surface area contributed by atoms with Gasteiger partial charge >= 0.3 is 0 Å². The van der Waals surface area contributed by atoms with E-state index in [1.54, 1.807) is 6.07 Å². The number of nitrogens with zero attached hydrogens (tertiary/aromatic N) is 1. The third-order valence-electron chi connectivity index (χ3n) is 3.28. The number of methoxy groups -OCH3 is 1. The smallest absolute Gasteiger partial charge is 0.165 e. The van der Waals surface area contributed by atoms with Crippen LogP contribution in [-0.4, -0.2) is 37.8 Å². The molecule has 0 saturated carbocycles. The van der Waals surface area contributed by atoms with Crippen molar-refractivity contribution in [3.05, 3.63) is 29.6 Å². The molecule has 2 atom stereocenters. The molecule has 0 radical (unpaired) electrons. The summed E-state index contributed by atoms with van der Waals surface area (Å²) in [6.45, 7) is 2.12.